The van der Waals surface area contributed by atoms with Crippen molar-refractivity contribution in [2.24, 2.45) is 0 Å². The maximum atomic E-state index is 5.78. The number of aromatic nitrogens is 2. The first-order valence-electron chi connectivity index (χ1n) is 5.00. The lowest BCUT2D eigenvalue weighted by Gasteiger charge is -2.37. The lowest BCUT2D eigenvalue weighted by atomic mass is 9.91. The van der Waals surface area contributed by atoms with Crippen molar-refractivity contribution < 1.29 is 0 Å². The predicted octanol–water partition coefficient (Wildman–Crippen LogP) is 2.07. The Morgan fingerprint density at radius 2 is 2.29 bits per heavy atom. The summed E-state index contributed by atoms with van der Waals surface area (Å²) in [5.74, 6) is 1.60. The van der Waals surface area contributed by atoms with Gasteiger partial charge in [0.05, 0.1) is 6.20 Å². The molecule has 0 spiro atoms. The van der Waals surface area contributed by atoms with E-state index in [-0.39, 0.29) is 0 Å². The van der Waals surface area contributed by atoms with Gasteiger partial charge in [-0.05, 0) is 19.3 Å². The van der Waals surface area contributed by atoms with Crippen LogP contribution in [0.15, 0.2) is 18.6 Å². The van der Waals surface area contributed by atoms with Gasteiger partial charge in [-0.1, -0.05) is 0 Å². The number of alkyl halides is 1. The number of rotatable bonds is 4. The zero-order valence-corrected chi connectivity index (χ0v) is 8.82. The molecule has 1 aliphatic carbocycles. The average Bonchev–Trinajstić information content (AvgIpc) is 2.16. The summed E-state index contributed by atoms with van der Waals surface area (Å²) in [5.41, 5.74) is 0. The van der Waals surface area contributed by atoms with Gasteiger partial charge in [0, 0.05) is 30.9 Å². The third-order valence-corrected chi connectivity index (χ3v) is 2.85. The highest BCUT2D eigenvalue weighted by molar-refractivity contribution is 6.18. The summed E-state index contributed by atoms with van der Waals surface area (Å²) < 4.78 is 0. The van der Waals surface area contributed by atoms with Crippen LogP contribution in [0.4, 0.5) is 5.82 Å². The normalized spacial score (nSPS) is 16.4. The molecule has 1 aliphatic rings. The molecule has 1 heterocycles. The molecule has 0 unspecified atom stereocenters. The number of hydrogen-bond acceptors (Lipinski definition) is 3. The third-order valence-electron chi connectivity index (χ3n) is 2.68. The van der Waals surface area contributed by atoms with Crippen molar-refractivity contribution in [1.29, 1.82) is 0 Å². The van der Waals surface area contributed by atoms with E-state index in [1.807, 2.05) is 6.20 Å². The fourth-order valence-electron chi connectivity index (χ4n) is 1.71. The molecule has 0 bridgehead atoms. The Labute approximate surface area is 89.1 Å². The minimum absolute atomic E-state index is 0.630. The Kier molecular flexibility index (Phi) is 3.19. The first-order valence-corrected chi connectivity index (χ1v) is 5.54. The number of hydrogen-bond donors (Lipinski definition) is 0. The number of nitrogens with zero attached hydrogens (tertiary/aromatic N) is 3. The van der Waals surface area contributed by atoms with Gasteiger partial charge >= 0.3 is 0 Å². The largest absolute Gasteiger partial charge is 0.351 e. The van der Waals surface area contributed by atoms with Crippen LogP contribution in [-0.4, -0.2) is 28.4 Å². The van der Waals surface area contributed by atoms with E-state index in [0.717, 1.165) is 12.4 Å². The molecule has 1 aromatic heterocycles. The number of halogens is 1. The minimum Gasteiger partial charge on any atom is -0.351 e. The molecule has 2 rings (SSSR count). The lowest BCUT2D eigenvalue weighted by molar-refractivity contribution is 0.388. The maximum Gasteiger partial charge on any atom is 0.147 e. The fraction of sp³-hybridized carbons (Fsp3) is 0.600. The summed E-state index contributed by atoms with van der Waals surface area (Å²) in [4.78, 5) is 10.7. The highest BCUT2D eigenvalue weighted by Gasteiger charge is 2.25. The van der Waals surface area contributed by atoms with E-state index in [4.69, 9.17) is 11.6 Å². The molecular formula is C10H14ClN3. The molecule has 76 valence electrons. The molecule has 0 N–H and O–H groups in total. The molecule has 14 heavy (non-hydrogen) atoms. The summed E-state index contributed by atoms with van der Waals surface area (Å²) in [7, 11) is 0. The summed E-state index contributed by atoms with van der Waals surface area (Å²) in [6.07, 6.45) is 9.08. The molecule has 0 saturated heterocycles. The second-order valence-electron chi connectivity index (χ2n) is 3.53. The van der Waals surface area contributed by atoms with Crippen LogP contribution in [0.2, 0.25) is 0 Å². The van der Waals surface area contributed by atoms with Gasteiger partial charge in [-0.15, -0.1) is 11.6 Å². The topological polar surface area (TPSA) is 29.0 Å². The molecule has 1 aromatic rings. The van der Waals surface area contributed by atoms with Crippen LogP contribution in [-0.2, 0) is 0 Å². The minimum atomic E-state index is 0.630. The Morgan fingerprint density at radius 3 is 2.79 bits per heavy atom. The summed E-state index contributed by atoms with van der Waals surface area (Å²) in [5, 5.41) is 0. The monoisotopic (exact) mass is 211 g/mol. The van der Waals surface area contributed by atoms with Gasteiger partial charge in [-0.25, -0.2) is 4.98 Å². The summed E-state index contributed by atoms with van der Waals surface area (Å²) in [6.45, 7) is 0.866. The van der Waals surface area contributed by atoms with Crippen LogP contribution in [0.25, 0.3) is 0 Å². The van der Waals surface area contributed by atoms with Crippen molar-refractivity contribution in [3.05, 3.63) is 18.6 Å². The van der Waals surface area contributed by atoms with E-state index < -0.39 is 0 Å². The highest BCUT2D eigenvalue weighted by Crippen LogP contribution is 2.27. The summed E-state index contributed by atoms with van der Waals surface area (Å²) >= 11 is 5.78. The quantitative estimate of drug-likeness (QED) is 0.715. The van der Waals surface area contributed by atoms with Crippen molar-refractivity contribution >= 4 is 17.4 Å². The van der Waals surface area contributed by atoms with Crippen LogP contribution < -0.4 is 4.90 Å². The van der Waals surface area contributed by atoms with Gasteiger partial charge in [-0.3, -0.25) is 4.98 Å². The lowest BCUT2D eigenvalue weighted by Crippen LogP contribution is -2.41. The van der Waals surface area contributed by atoms with Crippen molar-refractivity contribution in [3.8, 4) is 0 Å². The van der Waals surface area contributed by atoms with Gasteiger partial charge in [0.2, 0.25) is 0 Å². The molecule has 3 nitrogen and oxygen atoms in total. The third kappa shape index (κ3) is 1.98. The zero-order valence-electron chi connectivity index (χ0n) is 8.06. The van der Waals surface area contributed by atoms with Crippen molar-refractivity contribution in [1.82, 2.24) is 9.97 Å². The molecule has 0 aromatic carbocycles. The van der Waals surface area contributed by atoms with Gasteiger partial charge in [0.1, 0.15) is 5.82 Å². The zero-order chi connectivity index (χ0) is 9.80. The maximum absolute atomic E-state index is 5.78. The Bertz CT molecular complexity index is 274. The number of anilines is 1. The first kappa shape index (κ1) is 9.71. The average molecular weight is 212 g/mol. The Morgan fingerprint density at radius 1 is 1.43 bits per heavy atom. The van der Waals surface area contributed by atoms with E-state index in [1.54, 1.807) is 12.4 Å². The molecular weight excluding hydrogens is 198 g/mol. The van der Waals surface area contributed by atoms with E-state index in [0.29, 0.717) is 11.9 Å². The van der Waals surface area contributed by atoms with Crippen LogP contribution in [0.5, 0.6) is 0 Å². The summed E-state index contributed by atoms with van der Waals surface area (Å²) in [6, 6.07) is 0.630. The van der Waals surface area contributed by atoms with Gasteiger partial charge in [0.15, 0.2) is 0 Å². The Hall–Kier alpha value is -0.830. The molecule has 0 aliphatic heterocycles. The van der Waals surface area contributed by atoms with Gasteiger partial charge < -0.3 is 4.90 Å². The smallest absolute Gasteiger partial charge is 0.147 e. The van der Waals surface area contributed by atoms with E-state index >= 15 is 0 Å². The van der Waals surface area contributed by atoms with Crippen LogP contribution in [0, 0.1) is 0 Å². The second kappa shape index (κ2) is 4.60. The van der Waals surface area contributed by atoms with Gasteiger partial charge in [0.25, 0.3) is 0 Å². The van der Waals surface area contributed by atoms with Crippen molar-refractivity contribution in [3.63, 3.8) is 0 Å². The van der Waals surface area contributed by atoms with Crippen LogP contribution >= 0.6 is 11.6 Å². The molecule has 0 atom stereocenters. The van der Waals surface area contributed by atoms with Crippen molar-refractivity contribution in [2.45, 2.75) is 25.3 Å². The van der Waals surface area contributed by atoms with E-state index in [9.17, 15) is 0 Å². The van der Waals surface area contributed by atoms with Crippen molar-refractivity contribution in [2.75, 3.05) is 17.3 Å². The molecule has 1 saturated carbocycles. The van der Waals surface area contributed by atoms with Crippen LogP contribution in [0.3, 0.4) is 0 Å². The molecule has 0 radical (unpaired) electrons. The second-order valence-corrected chi connectivity index (χ2v) is 3.91. The van der Waals surface area contributed by atoms with Gasteiger partial charge in [-0.2, -0.15) is 0 Å². The fourth-order valence-corrected chi connectivity index (χ4v) is 1.90. The molecule has 4 heteroatoms. The molecule has 0 amide bonds. The molecule has 1 fully saturated rings. The standard InChI is InChI=1S/C10H14ClN3/c11-4-7-14(9-2-1-3-9)10-8-12-5-6-13-10/h5-6,8-9H,1-4,7H2. The van der Waals surface area contributed by atoms with Crippen LogP contribution in [0.1, 0.15) is 19.3 Å². The Balaban J connectivity index is 2.09. The highest BCUT2D eigenvalue weighted by atomic mass is 35.5. The SMILES string of the molecule is ClCCN(c1cnccn1)C1CCC1. The van der Waals surface area contributed by atoms with E-state index in [1.165, 1.54) is 19.3 Å². The van der Waals surface area contributed by atoms with E-state index in [2.05, 4.69) is 14.9 Å². The first-order chi connectivity index (χ1) is 6.92. The predicted molar refractivity (Wildman–Crippen MR) is 57.7 cm³/mol.